The lowest BCUT2D eigenvalue weighted by Gasteiger charge is -2.30. The number of benzene rings is 3. The van der Waals surface area contributed by atoms with E-state index in [-0.39, 0.29) is 11.5 Å². The second-order valence-corrected chi connectivity index (χ2v) is 12.1. The molecule has 1 saturated heterocycles. The Morgan fingerprint density at radius 1 is 0.952 bits per heavy atom. The molecule has 4 aromatic rings. The maximum atomic E-state index is 13.9. The van der Waals surface area contributed by atoms with Crippen LogP contribution in [-0.4, -0.2) is 29.2 Å². The van der Waals surface area contributed by atoms with Gasteiger partial charge in [0.15, 0.2) is 11.5 Å². The normalized spacial score (nSPS) is 19.9. The van der Waals surface area contributed by atoms with E-state index in [1.54, 1.807) is 18.2 Å². The Bertz CT molecular complexity index is 1770. The van der Waals surface area contributed by atoms with E-state index in [1.165, 1.54) is 19.2 Å². The number of ether oxygens (including phenoxy) is 2. The van der Waals surface area contributed by atoms with Gasteiger partial charge in [-0.2, -0.15) is 13.2 Å². The van der Waals surface area contributed by atoms with Crippen molar-refractivity contribution >= 4 is 40.6 Å². The molecule has 1 N–H and O–H groups in total. The molecule has 216 valence electrons. The number of thiazole rings is 1. The largest absolute Gasteiger partial charge is 0.493 e. The van der Waals surface area contributed by atoms with Crippen molar-refractivity contribution in [1.29, 1.82) is 0 Å². The Kier molecular flexibility index (Phi) is 7.14. The summed E-state index contributed by atoms with van der Waals surface area (Å²) in [4.78, 5) is 43.5. The summed E-state index contributed by atoms with van der Waals surface area (Å²) in [5, 5.41) is -0.619. The van der Waals surface area contributed by atoms with Crippen LogP contribution in [0.15, 0.2) is 76.6 Å². The van der Waals surface area contributed by atoms with E-state index >= 15 is 0 Å². The fraction of sp³-hybridized carbons (Fsp3) is 0.233. The van der Waals surface area contributed by atoms with Gasteiger partial charge in [0.25, 0.3) is 0 Å². The summed E-state index contributed by atoms with van der Waals surface area (Å²) < 4.78 is 53.2. The number of methoxy groups -OCH3 is 1. The highest BCUT2D eigenvalue weighted by atomic mass is 32.2. The van der Waals surface area contributed by atoms with Gasteiger partial charge in [-0.15, -0.1) is 0 Å². The highest BCUT2D eigenvalue weighted by Gasteiger charge is 2.57. The number of halogens is 3. The molecule has 2 amide bonds. The smallest absolute Gasteiger partial charge is 0.418 e. The molecular formula is C30H23F3N2O5S2. The molecule has 3 heterocycles. The van der Waals surface area contributed by atoms with Gasteiger partial charge in [0.05, 0.1) is 29.3 Å². The molecular weight excluding hydrogens is 589 g/mol. The molecule has 0 spiro atoms. The summed E-state index contributed by atoms with van der Waals surface area (Å²) in [6, 6.07) is 17.5. The maximum absolute atomic E-state index is 13.9. The van der Waals surface area contributed by atoms with Crippen LogP contribution >= 0.6 is 23.1 Å². The lowest BCUT2D eigenvalue weighted by Crippen LogP contribution is -2.33. The number of imide groups is 1. The molecule has 2 unspecified atom stereocenters. The molecule has 0 radical (unpaired) electrons. The van der Waals surface area contributed by atoms with E-state index < -0.39 is 46.3 Å². The summed E-state index contributed by atoms with van der Waals surface area (Å²) in [5.41, 5.74) is 1.03. The van der Waals surface area contributed by atoms with Crippen molar-refractivity contribution in [2.24, 2.45) is 5.92 Å². The molecule has 2 aliphatic rings. The van der Waals surface area contributed by atoms with Gasteiger partial charge in [-0.1, -0.05) is 71.1 Å². The van der Waals surface area contributed by atoms with Gasteiger partial charge in [0, 0.05) is 10.8 Å². The van der Waals surface area contributed by atoms with Gasteiger partial charge in [0.1, 0.15) is 11.9 Å². The highest BCUT2D eigenvalue weighted by molar-refractivity contribution is 8.00. The zero-order chi connectivity index (χ0) is 29.8. The SMILES string of the molecule is COc1cc([C@H]2c3sc(=O)[nH]c3SC3C(=O)N(c4ccccc4C(F)(F)F)C(=O)C32)ccc1OCc1cccc(C)c1. The average Bonchev–Trinajstić information content (AvgIpc) is 3.45. The number of nitrogens with one attached hydrogen (secondary N) is 1. The first-order valence-corrected chi connectivity index (χ1v) is 14.6. The fourth-order valence-electron chi connectivity index (χ4n) is 5.48. The minimum Gasteiger partial charge on any atom is -0.493 e. The number of carbonyl (C=O) groups is 2. The van der Waals surface area contributed by atoms with Crippen LogP contribution in [0.25, 0.3) is 0 Å². The summed E-state index contributed by atoms with van der Waals surface area (Å²) in [7, 11) is 1.47. The number of hydrogen-bond donors (Lipinski definition) is 1. The highest BCUT2D eigenvalue weighted by Crippen LogP contribution is 2.54. The molecule has 3 aromatic carbocycles. The fourth-order valence-corrected chi connectivity index (χ4v) is 8.00. The Balaban J connectivity index is 1.40. The van der Waals surface area contributed by atoms with Crippen molar-refractivity contribution in [3.8, 4) is 11.5 Å². The van der Waals surface area contributed by atoms with Crippen LogP contribution in [-0.2, 0) is 22.4 Å². The molecule has 3 atom stereocenters. The van der Waals surface area contributed by atoms with E-state index in [0.29, 0.717) is 31.9 Å². The molecule has 2 aliphatic heterocycles. The number of aryl methyl sites for hydroxylation is 1. The number of nitrogens with zero attached hydrogens (tertiary/aromatic N) is 1. The number of rotatable bonds is 6. The number of fused-ring (bicyclic) bond motifs is 2. The van der Waals surface area contributed by atoms with Crippen molar-refractivity contribution < 1.29 is 32.2 Å². The molecule has 1 fully saturated rings. The second kappa shape index (κ2) is 10.7. The Hall–Kier alpha value is -4.03. The van der Waals surface area contributed by atoms with Crippen LogP contribution in [0.1, 0.15) is 33.0 Å². The van der Waals surface area contributed by atoms with Crippen LogP contribution < -0.4 is 19.2 Å². The van der Waals surface area contributed by atoms with Gasteiger partial charge in [-0.05, 0) is 42.3 Å². The molecule has 7 nitrogen and oxygen atoms in total. The standard InChI is InChI=1S/C30H23F3N2O5S2/c1-15-6-5-7-16(12-15)14-40-20-11-10-17(13-21(20)39-2)22-23-25(41-26-24(22)42-29(38)34-26)28(37)35(27(23)36)19-9-4-3-8-18(19)30(31,32)33/h3-13,22-23,25H,14H2,1-2H3,(H,34,38)/t22-,23?,25?/m1/s1. The molecule has 42 heavy (non-hydrogen) atoms. The molecule has 12 heteroatoms. The molecule has 0 saturated carbocycles. The van der Waals surface area contributed by atoms with Crippen LogP contribution in [0.2, 0.25) is 0 Å². The minimum atomic E-state index is -4.77. The summed E-state index contributed by atoms with van der Waals surface area (Å²) >= 11 is 1.91. The van der Waals surface area contributed by atoms with Gasteiger partial charge >= 0.3 is 11.0 Å². The number of aromatic nitrogens is 1. The number of para-hydroxylation sites is 1. The van der Waals surface area contributed by atoms with Crippen molar-refractivity contribution in [1.82, 2.24) is 4.98 Å². The zero-order valence-electron chi connectivity index (χ0n) is 22.2. The summed E-state index contributed by atoms with van der Waals surface area (Å²) in [6.07, 6.45) is -4.77. The topological polar surface area (TPSA) is 88.7 Å². The number of anilines is 1. The van der Waals surface area contributed by atoms with Gasteiger partial charge in [0.2, 0.25) is 11.8 Å². The first-order valence-electron chi connectivity index (χ1n) is 12.9. The first-order chi connectivity index (χ1) is 20.1. The van der Waals surface area contributed by atoms with E-state index in [2.05, 4.69) is 4.98 Å². The van der Waals surface area contributed by atoms with E-state index in [1.807, 2.05) is 31.2 Å². The predicted octanol–water partition coefficient (Wildman–Crippen LogP) is 6.15. The summed E-state index contributed by atoms with van der Waals surface area (Å²) in [6.45, 7) is 2.27. The average molecular weight is 613 g/mol. The molecule has 0 bridgehead atoms. The van der Waals surface area contributed by atoms with Gasteiger partial charge in [-0.3, -0.25) is 14.4 Å². The lowest BCUT2D eigenvalue weighted by molar-refractivity contribution is -0.137. The minimum absolute atomic E-state index is 0.284. The first kappa shape index (κ1) is 28.1. The Labute approximate surface area is 246 Å². The lowest BCUT2D eigenvalue weighted by atomic mass is 9.83. The number of hydrogen-bond acceptors (Lipinski definition) is 7. The number of amides is 2. The Morgan fingerprint density at radius 2 is 1.74 bits per heavy atom. The molecule has 1 aromatic heterocycles. The third-order valence-electron chi connectivity index (χ3n) is 7.30. The molecule has 0 aliphatic carbocycles. The number of aromatic amines is 1. The third kappa shape index (κ3) is 4.88. The monoisotopic (exact) mass is 612 g/mol. The number of carbonyl (C=O) groups excluding carboxylic acids is 2. The number of H-pyrrole nitrogens is 1. The van der Waals surface area contributed by atoms with Crippen LogP contribution in [0.5, 0.6) is 11.5 Å². The quantitative estimate of drug-likeness (QED) is 0.263. The van der Waals surface area contributed by atoms with Crippen molar-refractivity contribution in [2.45, 2.75) is 35.9 Å². The molecule has 6 rings (SSSR count). The van der Waals surface area contributed by atoms with Crippen molar-refractivity contribution in [3.05, 3.63) is 104 Å². The van der Waals surface area contributed by atoms with Crippen LogP contribution in [0, 0.1) is 12.8 Å². The number of thioether (sulfide) groups is 1. The van der Waals surface area contributed by atoms with Crippen LogP contribution in [0.3, 0.4) is 0 Å². The number of alkyl halides is 3. The van der Waals surface area contributed by atoms with E-state index in [0.717, 1.165) is 46.4 Å². The third-order valence-corrected chi connectivity index (χ3v) is 9.70. The predicted molar refractivity (Wildman–Crippen MR) is 152 cm³/mol. The Morgan fingerprint density at radius 3 is 2.48 bits per heavy atom. The van der Waals surface area contributed by atoms with Gasteiger partial charge in [-0.25, -0.2) is 4.90 Å². The van der Waals surface area contributed by atoms with Gasteiger partial charge < -0.3 is 14.5 Å². The van der Waals surface area contributed by atoms with Crippen molar-refractivity contribution in [3.63, 3.8) is 0 Å². The van der Waals surface area contributed by atoms with Crippen LogP contribution in [0.4, 0.5) is 18.9 Å². The van der Waals surface area contributed by atoms with E-state index in [4.69, 9.17) is 9.47 Å². The van der Waals surface area contributed by atoms with E-state index in [9.17, 15) is 27.6 Å². The summed E-state index contributed by atoms with van der Waals surface area (Å²) in [5.74, 6) is -2.54. The second-order valence-electron chi connectivity index (χ2n) is 9.96. The van der Waals surface area contributed by atoms with Crippen molar-refractivity contribution in [2.75, 3.05) is 12.0 Å². The zero-order valence-corrected chi connectivity index (χ0v) is 23.9. The maximum Gasteiger partial charge on any atom is 0.418 e.